The van der Waals surface area contributed by atoms with Crippen molar-refractivity contribution < 1.29 is 9.21 Å². The lowest BCUT2D eigenvalue weighted by atomic mass is 10.1. The van der Waals surface area contributed by atoms with Crippen molar-refractivity contribution in [2.24, 2.45) is 0 Å². The molecule has 5 rings (SSSR count). The van der Waals surface area contributed by atoms with E-state index in [0.717, 1.165) is 69.4 Å². The van der Waals surface area contributed by atoms with Gasteiger partial charge in [-0.25, -0.2) is 9.97 Å². The molecule has 0 radical (unpaired) electrons. The second-order valence-corrected chi connectivity index (χ2v) is 7.99. The van der Waals surface area contributed by atoms with Crippen molar-refractivity contribution in [3.8, 4) is 11.6 Å². The molecule has 0 saturated carbocycles. The highest BCUT2D eigenvalue weighted by Crippen LogP contribution is 2.24. The van der Waals surface area contributed by atoms with Gasteiger partial charge in [0.2, 0.25) is 11.7 Å². The Bertz CT molecular complexity index is 1070. The van der Waals surface area contributed by atoms with Crippen LogP contribution in [-0.2, 0) is 6.42 Å². The Morgan fingerprint density at radius 3 is 2.50 bits per heavy atom. The fourth-order valence-corrected chi connectivity index (χ4v) is 4.16. The third-order valence-electron chi connectivity index (χ3n) is 5.86. The molecule has 0 atom stereocenters. The van der Waals surface area contributed by atoms with Gasteiger partial charge in [-0.2, -0.15) is 0 Å². The quantitative estimate of drug-likeness (QED) is 0.559. The van der Waals surface area contributed by atoms with Gasteiger partial charge in [-0.3, -0.25) is 9.78 Å². The Kier molecular flexibility index (Phi) is 6.09. The van der Waals surface area contributed by atoms with Crippen molar-refractivity contribution in [1.82, 2.24) is 25.6 Å². The lowest BCUT2D eigenvalue weighted by Crippen LogP contribution is -2.44. The standard InChI is InChI=1S/C23H27N7O2/c31-20(14-17-15-26-5-4-19(17)29-10-6-24-7-11-29)21-16-27-23(32-21)18-2-1-3-22(28-18)30-12-8-25-9-13-30/h1-5,15-16,24-25H,6-14H2. The summed E-state index contributed by atoms with van der Waals surface area (Å²) in [5.41, 5.74) is 2.58. The first kappa shape index (κ1) is 20.6. The zero-order valence-corrected chi connectivity index (χ0v) is 18.0. The van der Waals surface area contributed by atoms with E-state index in [2.05, 4.69) is 30.4 Å². The number of anilines is 2. The van der Waals surface area contributed by atoms with Crippen LogP contribution >= 0.6 is 0 Å². The summed E-state index contributed by atoms with van der Waals surface area (Å²) >= 11 is 0. The molecule has 2 fully saturated rings. The minimum Gasteiger partial charge on any atom is -0.432 e. The lowest BCUT2D eigenvalue weighted by Gasteiger charge is -2.30. The third-order valence-corrected chi connectivity index (χ3v) is 5.86. The highest BCUT2D eigenvalue weighted by Gasteiger charge is 2.20. The molecule has 0 unspecified atom stereocenters. The fraction of sp³-hybridized carbons (Fsp3) is 0.391. The summed E-state index contributed by atoms with van der Waals surface area (Å²) < 4.78 is 5.83. The van der Waals surface area contributed by atoms with Gasteiger partial charge in [0.25, 0.3) is 0 Å². The number of carbonyl (C=O) groups excluding carboxylic acids is 1. The number of Topliss-reactive ketones (excluding diaryl/α,β-unsaturated/α-hetero) is 1. The van der Waals surface area contributed by atoms with Gasteiger partial charge >= 0.3 is 0 Å². The van der Waals surface area contributed by atoms with E-state index < -0.39 is 0 Å². The molecule has 5 heterocycles. The Hall–Kier alpha value is -3.30. The molecule has 3 aromatic heterocycles. The predicted molar refractivity (Wildman–Crippen MR) is 122 cm³/mol. The van der Waals surface area contributed by atoms with Crippen LogP contribution in [0.4, 0.5) is 11.5 Å². The number of ketones is 1. The molecule has 0 bridgehead atoms. The Balaban J connectivity index is 1.32. The van der Waals surface area contributed by atoms with Gasteiger partial charge in [-0.05, 0) is 18.2 Å². The van der Waals surface area contributed by atoms with Gasteiger partial charge in [0.1, 0.15) is 11.5 Å². The Morgan fingerprint density at radius 1 is 0.969 bits per heavy atom. The van der Waals surface area contributed by atoms with Crippen LogP contribution in [0.15, 0.2) is 47.3 Å². The SMILES string of the molecule is O=C(Cc1cnccc1N1CCNCC1)c1cnc(-c2cccc(N3CCNCC3)n2)o1. The van der Waals surface area contributed by atoms with E-state index in [1.165, 1.54) is 6.20 Å². The maximum Gasteiger partial charge on any atom is 0.245 e. The Labute approximate surface area is 186 Å². The summed E-state index contributed by atoms with van der Waals surface area (Å²) in [6.45, 7) is 7.38. The van der Waals surface area contributed by atoms with E-state index in [-0.39, 0.29) is 18.0 Å². The molecular weight excluding hydrogens is 406 g/mol. The summed E-state index contributed by atoms with van der Waals surface area (Å²) in [7, 11) is 0. The highest BCUT2D eigenvalue weighted by atomic mass is 16.4. The monoisotopic (exact) mass is 433 g/mol. The molecule has 0 aliphatic carbocycles. The summed E-state index contributed by atoms with van der Waals surface area (Å²) in [5.74, 6) is 1.38. The van der Waals surface area contributed by atoms with E-state index >= 15 is 0 Å². The predicted octanol–water partition coefficient (Wildman–Crippen LogP) is 1.38. The van der Waals surface area contributed by atoms with Gasteiger partial charge in [0.05, 0.1) is 6.20 Å². The van der Waals surface area contributed by atoms with Gasteiger partial charge < -0.3 is 24.9 Å². The van der Waals surface area contributed by atoms with Crippen molar-refractivity contribution in [3.63, 3.8) is 0 Å². The van der Waals surface area contributed by atoms with Crippen LogP contribution in [0, 0.1) is 0 Å². The van der Waals surface area contributed by atoms with Gasteiger partial charge in [-0.1, -0.05) is 6.07 Å². The van der Waals surface area contributed by atoms with Crippen LogP contribution in [0.2, 0.25) is 0 Å². The van der Waals surface area contributed by atoms with Crippen molar-refractivity contribution in [2.45, 2.75) is 6.42 Å². The molecular formula is C23H27N7O2. The largest absolute Gasteiger partial charge is 0.432 e. The first-order valence-electron chi connectivity index (χ1n) is 11.1. The molecule has 0 amide bonds. The molecule has 0 aromatic carbocycles. The molecule has 0 spiro atoms. The molecule has 32 heavy (non-hydrogen) atoms. The van der Waals surface area contributed by atoms with E-state index in [9.17, 15) is 4.79 Å². The molecule has 2 aliphatic rings. The molecule has 3 aromatic rings. The number of nitrogens with zero attached hydrogens (tertiary/aromatic N) is 5. The third kappa shape index (κ3) is 4.49. The number of nitrogens with one attached hydrogen (secondary N) is 2. The van der Waals surface area contributed by atoms with Crippen molar-refractivity contribution >= 4 is 17.3 Å². The molecule has 9 heteroatoms. The number of pyridine rings is 2. The minimum absolute atomic E-state index is 0.119. The average molecular weight is 434 g/mol. The number of carbonyl (C=O) groups is 1. The summed E-state index contributed by atoms with van der Waals surface area (Å²) in [6.07, 6.45) is 5.26. The number of hydrogen-bond donors (Lipinski definition) is 2. The van der Waals surface area contributed by atoms with Crippen molar-refractivity contribution in [2.75, 3.05) is 62.2 Å². The fourth-order valence-electron chi connectivity index (χ4n) is 4.16. The van der Waals surface area contributed by atoms with Gasteiger partial charge in [-0.15, -0.1) is 0 Å². The first-order chi connectivity index (χ1) is 15.8. The van der Waals surface area contributed by atoms with Crippen LogP contribution in [0.5, 0.6) is 0 Å². The van der Waals surface area contributed by atoms with Crippen LogP contribution in [0.1, 0.15) is 16.1 Å². The second kappa shape index (κ2) is 9.46. The molecule has 2 saturated heterocycles. The van der Waals surface area contributed by atoms with Crippen LogP contribution in [0.25, 0.3) is 11.6 Å². The summed E-state index contributed by atoms with van der Waals surface area (Å²) in [4.78, 5) is 30.8. The smallest absolute Gasteiger partial charge is 0.245 e. The van der Waals surface area contributed by atoms with E-state index in [1.807, 2.05) is 24.3 Å². The van der Waals surface area contributed by atoms with Crippen molar-refractivity contribution in [1.29, 1.82) is 0 Å². The average Bonchev–Trinajstić information content (AvgIpc) is 3.36. The summed E-state index contributed by atoms with van der Waals surface area (Å²) in [5, 5.41) is 6.70. The van der Waals surface area contributed by atoms with E-state index in [4.69, 9.17) is 9.40 Å². The molecule has 2 aliphatic heterocycles. The van der Waals surface area contributed by atoms with E-state index in [1.54, 1.807) is 12.4 Å². The maximum atomic E-state index is 13.0. The van der Waals surface area contributed by atoms with Crippen LogP contribution in [0.3, 0.4) is 0 Å². The van der Waals surface area contributed by atoms with E-state index in [0.29, 0.717) is 11.6 Å². The van der Waals surface area contributed by atoms with Crippen molar-refractivity contribution in [3.05, 3.63) is 54.2 Å². The maximum absolute atomic E-state index is 13.0. The normalized spacial score (nSPS) is 16.9. The summed E-state index contributed by atoms with van der Waals surface area (Å²) in [6, 6.07) is 7.77. The highest BCUT2D eigenvalue weighted by molar-refractivity contribution is 5.95. The lowest BCUT2D eigenvalue weighted by molar-refractivity contribution is 0.0967. The molecule has 9 nitrogen and oxygen atoms in total. The topological polar surface area (TPSA) is 99.4 Å². The number of piperazine rings is 2. The first-order valence-corrected chi connectivity index (χ1v) is 11.1. The number of rotatable bonds is 6. The van der Waals surface area contributed by atoms with Crippen LogP contribution in [-0.4, -0.2) is 73.1 Å². The molecule has 166 valence electrons. The van der Waals surface area contributed by atoms with Gasteiger partial charge in [0, 0.05) is 82.4 Å². The zero-order valence-electron chi connectivity index (χ0n) is 18.0. The second-order valence-electron chi connectivity index (χ2n) is 7.99. The number of oxazole rings is 1. The Morgan fingerprint density at radius 2 is 1.72 bits per heavy atom. The molecule has 2 N–H and O–H groups in total. The minimum atomic E-state index is -0.119. The number of hydrogen-bond acceptors (Lipinski definition) is 9. The zero-order chi connectivity index (χ0) is 21.8. The van der Waals surface area contributed by atoms with Gasteiger partial charge in [0.15, 0.2) is 5.76 Å². The van der Waals surface area contributed by atoms with Crippen LogP contribution < -0.4 is 20.4 Å². The number of aromatic nitrogens is 3.